The van der Waals surface area contributed by atoms with Crippen molar-refractivity contribution in [1.82, 2.24) is 9.80 Å². The molecule has 0 aliphatic heterocycles. The van der Waals surface area contributed by atoms with Gasteiger partial charge in [-0.1, -0.05) is 18.8 Å². The number of nitrogens with zero attached hydrogens (tertiary/aromatic N) is 2. The highest BCUT2D eigenvalue weighted by molar-refractivity contribution is 7.12. The van der Waals surface area contributed by atoms with Gasteiger partial charge in [0.25, 0.3) is 0 Å². The Morgan fingerprint density at radius 3 is 2.68 bits per heavy atom. The summed E-state index contributed by atoms with van der Waals surface area (Å²) < 4.78 is 0. The molecule has 1 N–H and O–H groups in total. The average Bonchev–Trinajstić information content (AvgIpc) is 2.80. The molecular weight excluding hydrogens is 256 g/mol. The predicted molar refractivity (Wildman–Crippen MR) is 82.4 cm³/mol. The predicted octanol–water partition coefficient (Wildman–Crippen LogP) is 1.86. The van der Waals surface area contributed by atoms with Gasteiger partial charge in [0.2, 0.25) is 0 Å². The zero-order chi connectivity index (χ0) is 14.3. The lowest BCUT2D eigenvalue weighted by Gasteiger charge is -2.29. The van der Waals surface area contributed by atoms with Crippen molar-refractivity contribution in [3.8, 4) is 11.8 Å². The summed E-state index contributed by atoms with van der Waals surface area (Å²) >= 11 is 1.71. The minimum absolute atomic E-state index is 0.0752. The number of rotatable bonds is 6. The lowest BCUT2D eigenvalue weighted by molar-refractivity contribution is 0.175. The SMILES string of the molecule is CCN(Cc1ccc(C#CCO)s1)C(C)CN(C)C. The summed E-state index contributed by atoms with van der Waals surface area (Å²) in [4.78, 5) is 7.05. The maximum absolute atomic E-state index is 8.69. The molecule has 0 aromatic carbocycles. The van der Waals surface area contributed by atoms with Gasteiger partial charge in [0.1, 0.15) is 6.61 Å². The number of hydrogen-bond donors (Lipinski definition) is 1. The first-order valence-electron chi connectivity index (χ1n) is 6.64. The topological polar surface area (TPSA) is 26.7 Å². The normalized spacial score (nSPS) is 12.6. The highest BCUT2D eigenvalue weighted by Crippen LogP contribution is 2.18. The van der Waals surface area contributed by atoms with Crippen LogP contribution in [0.2, 0.25) is 0 Å². The van der Waals surface area contributed by atoms with E-state index in [0.29, 0.717) is 6.04 Å². The van der Waals surface area contributed by atoms with Crippen LogP contribution in [0.3, 0.4) is 0 Å². The van der Waals surface area contributed by atoms with Crippen LogP contribution in [0.5, 0.6) is 0 Å². The van der Waals surface area contributed by atoms with E-state index in [1.165, 1.54) is 4.88 Å². The molecule has 0 aliphatic carbocycles. The lowest BCUT2D eigenvalue weighted by atomic mass is 10.2. The van der Waals surface area contributed by atoms with E-state index in [-0.39, 0.29) is 6.61 Å². The van der Waals surface area contributed by atoms with Gasteiger partial charge < -0.3 is 10.0 Å². The minimum Gasteiger partial charge on any atom is -0.384 e. The molecule has 19 heavy (non-hydrogen) atoms. The van der Waals surface area contributed by atoms with Gasteiger partial charge in [0, 0.05) is 24.0 Å². The highest BCUT2D eigenvalue weighted by Gasteiger charge is 2.14. The van der Waals surface area contributed by atoms with Crippen molar-refractivity contribution >= 4 is 11.3 Å². The number of thiophene rings is 1. The Bertz CT molecular complexity index is 431. The summed E-state index contributed by atoms with van der Waals surface area (Å²) in [6.07, 6.45) is 0. The second kappa shape index (κ2) is 8.34. The molecule has 0 spiro atoms. The summed E-state index contributed by atoms with van der Waals surface area (Å²) in [6.45, 7) is 7.47. The molecular formula is C15H24N2OS. The monoisotopic (exact) mass is 280 g/mol. The Balaban J connectivity index is 2.62. The molecule has 0 saturated carbocycles. The van der Waals surface area contributed by atoms with E-state index in [0.717, 1.165) is 24.5 Å². The Hall–Kier alpha value is -0.860. The van der Waals surface area contributed by atoms with Crippen molar-refractivity contribution in [2.75, 3.05) is 33.8 Å². The molecule has 1 aromatic rings. The van der Waals surface area contributed by atoms with E-state index >= 15 is 0 Å². The molecule has 1 rings (SSSR count). The Morgan fingerprint density at radius 1 is 1.37 bits per heavy atom. The lowest BCUT2D eigenvalue weighted by Crippen LogP contribution is -2.39. The molecule has 4 heteroatoms. The number of likely N-dealkylation sites (N-methyl/N-ethyl adjacent to an activating group) is 2. The van der Waals surface area contributed by atoms with Crippen molar-refractivity contribution in [2.45, 2.75) is 26.4 Å². The van der Waals surface area contributed by atoms with Gasteiger partial charge in [0.15, 0.2) is 0 Å². The third-order valence-corrected chi connectivity index (χ3v) is 3.96. The molecule has 1 unspecified atom stereocenters. The minimum atomic E-state index is -0.0752. The van der Waals surface area contributed by atoms with Gasteiger partial charge in [-0.3, -0.25) is 4.90 Å². The third kappa shape index (κ3) is 5.75. The number of aliphatic hydroxyl groups excluding tert-OH is 1. The van der Waals surface area contributed by atoms with Crippen molar-refractivity contribution < 1.29 is 5.11 Å². The molecule has 1 aromatic heterocycles. The molecule has 0 aliphatic rings. The summed E-state index contributed by atoms with van der Waals surface area (Å²) in [5.41, 5.74) is 0. The van der Waals surface area contributed by atoms with Crippen LogP contribution in [0.4, 0.5) is 0 Å². The Labute approximate surface area is 120 Å². The summed E-state index contributed by atoms with van der Waals surface area (Å²) in [6, 6.07) is 4.71. The van der Waals surface area contributed by atoms with Gasteiger partial charge in [-0.15, -0.1) is 11.3 Å². The van der Waals surface area contributed by atoms with Gasteiger partial charge >= 0.3 is 0 Å². The zero-order valence-corrected chi connectivity index (χ0v) is 13.1. The quantitative estimate of drug-likeness (QED) is 0.806. The van der Waals surface area contributed by atoms with Crippen molar-refractivity contribution in [3.05, 3.63) is 21.9 Å². The van der Waals surface area contributed by atoms with Gasteiger partial charge in [-0.25, -0.2) is 0 Å². The molecule has 0 radical (unpaired) electrons. The standard InChI is InChI=1S/C15H24N2OS/c1-5-17(13(2)11-16(3)4)12-15-9-8-14(19-15)7-6-10-18/h8-9,13,18H,5,10-12H2,1-4H3. The van der Waals surface area contributed by atoms with Crippen LogP contribution in [0.25, 0.3) is 0 Å². The van der Waals surface area contributed by atoms with Crippen LogP contribution >= 0.6 is 11.3 Å². The molecule has 0 fully saturated rings. The molecule has 0 amide bonds. The fraction of sp³-hybridized carbons (Fsp3) is 0.600. The van der Waals surface area contributed by atoms with Crippen LogP contribution in [0, 0.1) is 11.8 Å². The first-order valence-corrected chi connectivity index (χ1v) is 7.45. The van der Waals surface area contributed by atoms with Crippen LogP contribution in [0.1, 0.15) is 23.6 Å². The van der Waals surface area contributed by atoms with Crippen molar-refractivity contribution in [2.24, 2.45) is 0 Å². The summed E-state index contributed by atoms with van der Waals surface area (Å²) in [5, 5.41) is 8.69. The summed E-state index contributed by atoms with van der Waals surface area (Å²) in [7, 11) is 4.22. The second-order valence-electron chi connectivity index (χ2n) is 4.90. The molecule has 1 atom stereocenters. The third-order valence-electron chi connectivity index (χ3n) is 2.97. The van der Waals surface area contributed by atoms with E-state index in [9.17, 15) is 0 Å². The van der Waals surface area contributed by atoms with Crippen LogP contribution in [0.15, 0.2) is 12.1 Å². The van der Waals surface area contributed by atoms with Gasteiger partial charge in [-0.05, 0) is 39.7 Å². The molecule has 106 valence electrons. The largest absolute Gasteiger partial charge is 0.384 e. The molecule has 0 bridgehead atoms. The first-order chi connectivity index (χ1) is 9.06. The van der Waals surface area contributed by atoms with E-state index in [1.807, 2.05) is 6.07 Å². The molecule has 0 saturated heterocycles. The number of hydrogen-bond acceptors (Lipinski definition) is 4. The van der Waals surface area contributed by atoms with Crippen molar-refractivity contribution in [3.63, 3.8) is 0 Å². The Kier molecular flexibility index (Phi) is 7.11. The molecule has 1 heterocycles. The smallest absolute Gasteiger partial charge is 0.104 e. The fourth-order valence-electron chi connectivity index (χ4n) is 2.08. The van der Waals surface area contributed by atoms with Crippen LogP contribution in [-0.2, 0) is 6.54 Å². The van der Waals surface area contributed by atoms with E-state index in [2.05, 4.69) is 55.6 Å². The highest BCUT2D eigenvalue weighted by atomic mass is 32.1. The molecule has 3 nitrogen and oxygen atoms in total. The maximum atomic E-state index is 8.69. The van der Waals surface area contributed by atoms with Gasteiger partial charge in [0.05, 0.1) is 4.88 Å². The maximum Gasteiger partial charge on any atom is 0.104 e. The van der Waals surface area contributed by atoms with Crippen molar-refractivity contribution in [1.29, 1.82) is 0 Å². The fourth-order valence-corrected chi connectivity index (χ4v) is 2.99. The van der Waals surface area contributed by atoms with E-state index in [4.69, 9.17) is 5.11 Å². The Morgan fingerprint density at radius 2 is 2.11 bits per heavy atom. The van der Waals surface area contributed by atoms with Crippen LogP contribution in [-0.4, -0.2) is 54.7 Å². The first kappa shape index (κ1) is 16.2. The van der Waals surface area contributed by atoms with E-state index in [1.54, 1.807) is 11.3 Å². The summed E-state index contributed by atoms with van der Waals surface area (Å²) in [5.74, 6) is 5.65. The second-order valence-corrected chi connectivity index (χ2v) is 6.07. The van der Waals surface area contributed by atoms with Gasteiger partial charge in [-0.2, -0.15) is 0 Å². The average molecular weight is 280 g/mol. The van der Waals surface area contributed by atoms with E-state index < -0.39 is 0 Å². The zero-order valence-electron chi connectivity index (χ0n) is 12.3. The van der Waals surface area contributed by atoms with Crippen LogP contribution < -0.4 is 0 Å². The number of aliphatic hydroxyl groups is 1.